The van der Waals surface area contributed by atoms with Gasteiger partial charge in [-0.05, 0) is 5.56 Å². The van der Waals surface area contributed by atoms with E-state index in [4.69, 9.17) is 5.21 Å². The Labute approximate surface area is 99.9 Å². The lowest BCUT2D eigenvalue weighted by molar-refractivity contribution is 0.322. The molecule has 1 N–H and O–H groups in total. The third-order valence-corrected chi connectivity index (χ3v) is 3.21. The van der Waals surface area contributed by atoms with Crippen molar-refractivity contribution in [2.24, 2.45) is 5.16 Å². The van der Waals surface area contributed by atoms with Gasteiger partial charge in [0.15, 0.2) is 0 Å². The molecule has 2 heterocycles. The van der Waals surface area contributed by atoms with Crippen molar-refractivity contribution in [2.75, 3.05) is 0 Å². The van der Waals surface area contributed by atoms with Crippen molar-refractivity contribution in [3.8, 4) is 10.6 Å². The van der Waals surface area contributed by atoms with Crippen LogP contribution in [-0.2, 0) is 0 Å². The molecule has 0 spiro atoms. The lowest BCUT2D eigenvalue weighted by Crippen LogP contribution is -1.84. The Balaban J connectivity index is 2.00. The zero-order valence-electron chi connectivity index (χ0n) is 8.56. The van der Waals surface area contributed by atoms with Crippen LogP contribution < -0.4 is 0 Å². The summed E-state index contributed by atoms with van der Waals surface area (Å²) in [6.07, 6.45) is 2.95. The van der Waals surface area contributed by atoms with Crippen LogP contribution >= 0.6 is 11.3 Å². The average Bonchev–Trinajstić information content (AvgIpc) is 2.90. The van der Waals surface area contributed by atoms with Crippen LogP contribution in [0.1, 0.15) is 5.56 Å². The predicted octanol–water partition coefficient (Wildman–Crippen LogP) is 1.66. The van der Waals surface area contributed by atoms with E-state index >= 15 is 0 Å². The Morgan fingerprint density at radius 3 is 2.82 bits per heavy atom. The van der Waals surface area contributed by atoms with Crippen LogP contribution in [0.25, 0.3) is 15.5 Å². The highest BCUT2D eigenvalue weighted by molar-refractivity contribution is 7.19. The molecule has 3 rings (SSSR count). The van der Waals surface area contributed by atoms with Gasteiger partial charge in [-0.1, -0.05) is 40.8 Å². The van der Waals surface area contributed by atoms with Crippen molar-refractivity contribution in [3.05, 3.63) is 36.2 Å². The van der Waals surface area contributed by atoms with Gasteiger partial charge >= 0.3 is 0 Å². The van der Waals surface area contributed by atoms with Gasteiger partial charge in [-0.3, -0.25) is 0 Å². The number of benzene rings is 1. The van der Waals surface area contributed by atoms with E-state index in [0.717, 1.165) is 21.1 Å². The molecule has 0 unspecified atom stereocenters. The van der Waals surface area contributed by atoms with Crippen LogP contribution in [0.5, 0.6) is 0 Å². The monoisotopic (exact) mass is 245 g/mol. The number of rotatable bonds is 2. The smallest absolute Gasteiger partial charge is 0.234 e. The highest BCUT2D eigenvalue weighted by Crippen LogP contribution is 2.24. The second-order valence-corrected chi connectivity index (χ2v) is 4.29. The molecule has 0 aliphatic heterocycles. The molecular weight excluding hydrogens is 238 g/mol. The molecule has 0 saturated heterocycles. The lowest BCUT2D eigenvalue weighted by Gasteiger charge is -1.95. The summed E-state index contributed by atoms with van der Waals surface area (Å²) in [6, 6.07) is 7.56. The Morgan fingerprint density at radius 2 is 2.12 bits per heavy atom. The lowest BCUT2D eigenvalue weighted by atomic mass is 10.1. The Morgan fingerprint density at radius 1 is 1.29 bits per heavy atom. The molecule has 3 aromatic rings. The normalized spacial score (nSPS) is 11.5. The van der Waals surface area contributed by atoms with Gasteiger partial charge in [0.1, 0.15) is 11.3 Å². The van der Waals surface area contributed by atoms with E-state index in [9.17, 15) is 0 Å². The number of fused-ring (bicyclic) bond motifs is 1. The molecular formula is C10H7N5OS. The summed E-state index contributed by atoms with van der Waals surface area (Å²) in [4.78, 5) is 0.765. The van der Waals surface area contributed by atoms with E-state index in [1.165, 1.54) is 17.6 Å². The first-order chi connectivity index (χ1) is 8.36. The van der Waals surface area contributed by atoms with Crippen LogP contribution in [0, 0.1) is 0 Å². The van der Waals surface area contributed by atoms with Crippen LogP contribution in [-0.4, -0.2) is 31.2 Å². The zero-order chi connectivity index (χ0) is 11.7. The van der Waals surface area contributed by atoms with Gasteiger partial charge in [0.05, 0.1) is 6.21 Å². The first kappa shape index (κ1) is 9.91. The quantitative estimate of drug-likeness (QED) is 0.423. The van der Waals surface area contributed by atoms with Gasteiger partial charge in [0, 0.05) is 5.56 Å². The maximum absolute atomic E-state index is 8.41. The van der Waals surface area contributed by atoms with Crippen molar-refractivity contribution in [1.82, 2.24) is 19.8 Å². The van der Waals surface area contributed by atoms with Gasteiger partial charge in [-0.25, -0.2) is 0 Å². The molecule has 0 saturated carbocycles. The number of aromatic nitrogens is 4. The maximum atomic E-state index is 8.41. The number of oxime groups is 1. The molecule has 0 amide bonds. The highest BCUT2D eigenvalue weighted by atomic mass is 32.1. The molecule has 84 valence electrons. The topological polar surface area (TPSA) is 75.7 Å². The molecule has 0 fully saturated rings. The van der Waals surface area contributed by atoms with E-state index in [-0.39, 0.29) is 0 Å². The van der Waals surface area contributed by atoms with Gasteiger partial charge < -0.3 is 5.21 Å². The fourth-order valence-electron chi connectivity index (χ4n) is 1.45. The minimum Gasteiger partial charge on any atom is -0.411 e. The van der Waals surface area contributed by atoms with Gasteiger partial charge in [0.25, 0.3) is 0 Å². The fraction of sp³-hybridized carbons (Fsp3) is 0. The summed E-state index contributed by atoms with van der Waals surface area (Å²) in [6.45, 7) is 0. The summed E-state index contributed by atoms with van der Waals surface area (Å²) < 4.78 is 1.64. The molecule has 0 aliphatic carbocycles. The van der Waals surface area contributed by atoms with E-state index in [0.29, 0.717) is 0 Å². The second-order valence-electron chi connectivity index (χ2n) is 3.33. The maximum Gasteiger partial charge on any atom is 0.234 e. The Hall–Kier alpha value is -2.28. The minimum atomic E-state index is 0.765. The summed E-state index contributed by atoms with van der Waals surface area (Å²) >= 11 is 1.47. The molecule has 7 heteroatoms. The van der Waals surface area contributed by atoms with Crippen LogP contribution in [0.4, 0.5) is 0 Å². The molecule has 0 aliphatic rings. The molecule has 17 heavy (non-hydrogen) atoms. The number of nitrogens with zero attached hydrogens (tertiary/aromatic N) is 5. The van der Waals surface area contributed by atoms with Gasteiger partial charge in [-0.15, -0.1) is 10.2 Å². The zero-order valence-corrected chi connectivity index (χ0v) is 9.37. The highest BCUT2D eigenvalue weighted by Gasteiger charge is 2.06. The summed E-state index contributed by atoms with van der Waals surface area (Å²) in [5.74, 6) is 0. The third kappa shape index (κ3) is 1.76. The number of hydrogen-bond acceptors (Lipinski definition) is 6. The van der Waals surface area contributed by atoms with Crippen LogP contribution in [0.15, 0.2) is 35.7 Å². The third-order valence-electron chi connectivity index (χ3n) is 2.25. The molecule has 0 radical (unpaired) electrons. The number of hydrogen-bond donors (Lipinski definition) is 1. The van der Waals surface area contributed by atoms with E-state index in [1.807, 2.05) is 24.3 Å². The average molecular weight is 245 g/mol. The Bertz CT molecular complexity index is 641. The van der Waals surface area contributed by atoms with Crippen LogP contribution in [0.3, 0.4) is 0 Å². The minimum absolute atomic E-state index is 0.765. The summed E-state index contributed by atoms with van der Waals surface area (Å²) in [5.41, 5.74) is 1.83. The molecule has 0 bridgehead atoms. The van der Waals surface area contributed by atoms with Crippen molar-refractivity contribution in [3.63, 3.8) is 0 Å². The first-order valence-electron chi connectivity index (χ1n) is 4.81. The van der Waals surface area contributed by atoms with E-state index in [2.05, 4.69) is 20.5 Å². The standard InChI is InChI=1S/C10H7N5OS/c16-12-5-7-1-3-8(4-2-7)9-14-15-6-11-13-10(15)17-9/h1-6,16H/b12-5-. The second kappa shape index (κ2) is 3.95. The largest absolute Gasteiger partial charge is 0.411 e. The van der Waals surface area contributed by atoms with Crippen molar-refractivity contribution in [1.29, 1.82) is 0 Å². The molecule has 0 atom stereocenters. The molecule has 1 aromatic carbocycles. The van der Waals surface area contributed by atoms with Crippen molar-refractivity contribution >= 4 is 22.5 Å². The van der Waals surface area contributed by atoms with Crippen LogP contribution in [0.2, 0.25) is 0 Å². The van der Waals surface area contributed by atoms with Gasteiger partial charge in [0.2, 0.25) is 4.96 Å². The summed E-state index contributed by atoms with van der Waals surface area (Å²) in [7, 11) is 0. The SMILES string of the molecule is O/N=C\c1ccc(-c2nn3cnnc3s2)cc1. The van der Waals surface area contributed by atoms with E-state index < -0.39 is 0 Å². The predicted molar refractivity (Wildman–Crippen MR) is 63.5 cm³/mol. The van der Waals surface area contributed by atoms with Gasteiger partial charge in [-0.2, -0.15) is 9.61 Å². The molecule has 2 aromatic heterocycles. The van der Waals surface area contributed by atoms with Crippen molar-refractivity contribution < 1.29 is 5.21 Å². The van der Waals surface area contributed by atoms with Crippen molar-refractivity contribution in [2.45, 2.75) is 0 Å². The first-order valence-corrected chi connectivity index (χ1v) is 5.63. The fourth-order valence-corrected chi connectivity index (χ4v) is 2.28. The Kier molecular flexibility index (Phi) is 2.30. The van der Waals surface area contributed by atoms with E-state index in [1.54, 1.807) is 10.8 Å². The molecule has 6 nitrogen and oxygen atoms in total. The summed E-state index contributed by atoms with van der Waals surface area (Å²) in [5, 5.41) is 24.3.